The fourth-order valence-corrected chi connectivity index (χ4v) is 2.05. The summed E-state index contributed by atoms with van der Waals surface area (Å²) >= 11 is 0. The van der Waals surface area contributed by atoms with Gasteiger partial charge in [0.15, 0.2) is 0 Å². The number of carboxylic acid groups (broad SMARTS) is 1. The van der Waals surface area contributed by atoms with E-state index >= 15 is 0 Å². The predicted octanol–water partition coefficient (Wildman–Crippen LogP) is 0.481. The van der Waals surface area contributed by atoms with Crippen LogP contribution < -0.4 is 10.6 Å². The van der Waals surface area contributed by atoms with Crippen molar-refractivity contribution in [3.8, 4) is 0 Å². The first-order valence-electron chi connectivity index (χ1n) is 5.66. The van der Waals surface area contributed by atoms with E-state index in [1.165, 1.54) is 6.20 Å². The largest absolute Gasteiger partial charge is 0.481 e. The molecule has 1 unspecified atom stereocenters. The van der Waals surface area contributed by atoms with E-state index in [-0.39, 0.29) is 0 Å². The lowest BCUT2D eigenvalue weighted by Gasteiger charge is -2.20. The minimum atomic E-state index is -0.793. The van der Waals surface area contributed by atoms with Crippen LogP contribution in [0.2, 0.25) is 0 Å². The summed E-state index contributed by atoms with van der Waals surface area (Å²) in [4.78, 5) is 28.1. The Kier molecular flexibility index (Phi) is 2.94. The van der Waals surface area contributed by atoms with Crippen molar-refractivity contribution in [2.75, 3.05) is 18.0 Å². The maximum atomic E-state index is 11.1. The van der Waals surface area contributed by atoms with E-state index in [2.05, 4.69) is 4.98 Å². The number of carboxylic acids is 1. The Labute approximate surface area is 104 Å². The average Bonchev–Trinajstić information content (AvgIpc) is 2.73. The van der Waals surface area contributed by atoms with Gasteiger partial charge in [-0.2, -0.15) is 0 Å². The number of aromatic nitrogens is 1. The van der Waals surface area contributed by atoms with E-state index in [0.717, 1.165) is 0 Å². The van der Waals surface area contributed by atoms with Crippen LogP contribution in [0.15, 0.2) is 18.3 Å². The molecule has 1 fully saturated rings. The second-order valence-corrected chi connectivity index (χ2v) is 4.81. The summed E-state index contributed by atoms with van der Waals surface area (Å²) in [6.07, 6.45) is 2.00. The molecule has 1 amide bonds. The Bertz CT molecular complexity index is 486. The minimum absolute atomic E-state index is 0.346. The van der Waals surface area contributed by atoms with Crippen LogP contribution >= 0.6 is 0 Å². The van der Waals surface area contributed by atoms with Crippen LogP contribution in [0.3, 0.4) is 0 Å². The molecule has 0 saturated carbocycles. The molecule has 0 spiro atoms. The van der Waals surface area contributed by atoms with Crippen LogP contribution in [-0.4, -0.2) is 35.1 Å². The van der Waals surface area contributed by atoms with Gasteiger partial charge in [-0.05, 0) is 25.5 Å². The first-order chi connectivity index (χ1) is 8.42. The number of anilines is 1. The Balaban J connectivity index is 2.15. The molecule has 0 aromatic carbocycles. The Morgan fingerprint density at radius 1 is 1.50 bits per heavy atom. The summed E-state index contributed by atoms with van der Waals surface area (Å²) in [5, 5.41) is 9.15. The lowest BCUT2D eigenvalue weighted by molar-refractivity contribution is -0.146. The normalized spacial score (nSPS) is 23.1. The van der Waals surface area contributed by atoms with Gasteiger partial charge in [0.2, 0.25) is 5.91 Å². The summed E-state index contributed by atoms with van der Waals surface area (Å²) in [6, 6.07) is 3.29. The first-order valence-corrected chi connectivity index (χ1v) is 5.66. The van der Waals surface area contributed by atoms with Crippen LogP contribution in [0.5, 0.6) is 0 Å². The molecule has 1 aromatic rings. The van der Waals surface area contributed by atoms with Gasteiger partial charge in [-0.15, -0.1) is 0 Å². The van der Waals surface area contributed by atoms with Gasteiger partial charge in [-0.3, -0.25) is 9.59 Å². The first kappa shape index (κ1) is 12.3. The molecule has 6 heteroatoms. The van der Waals surface area contributed by atoms with Gasteiger partial charge in [-0.1, -0.05) is 0 Å². The molecule has 1 atom stereocenters. The van der Waals surface area contributed by atoms with Gasteiger partial charge in [0.25, 0.3) is 0 Å². The zero-order valence-electron chi connectivity index (χ0n) is 10.1. The van der Waals surface area contributed by atoms with Crippen molar-refractivity contribution in [2.24, 2.45) is 11.1 Å². The fraction of sp³-hybridized carbons (Fsp3) is 0.417. The SMILES string of the molecule is CC1(C(=O)O)CCN(c2ccc(C(N)=O)cn2)C1. The number of carbonyl (C=O) groups excluding carboxylic acids is 1. The van der Waals surface area contributed by atoms with E-state index < -0.39 is 17.3 Å². The molecule has 18 heavy (non-hydrogen) atoms. The second-order valence-electron chi connectivity index (χ2n) is 4.81. The van der Waals surface area contributed by atoms with E-state index in [4.69, 9.17) is 10.8 Å². The number of nitrogens with zero attached hydrogens (tertiary/aromatic N) is 2. The topological polar surface area (TPSA) is 96.5 Å². The highest BCUT2D eigenvalue weighted by atomic mass is 16.4. The van der Waals surface area contributed by atoms with Gasteiger partial charge in [0, 0.05) is 19.3 Å². The highest BCUT2D eigenvalue weighted by molar-refractivity contribution is 5.92. The number of aliphatic carboxylic acids is 1. The number of carbonyl (C=O) groups is 2. The third-order valence-electron chi connectivity index (χ3n) is 3.35. The molecule has 1 aromatic heterocycles. The summed E-state index contributed by atoms with van der Waals surface area (Å²) in [7, 11) is 0. The molecule has 0 aliphatic carbocycles. The molecule has 6 nitrogen and oxygen atoms in total. The zero-order chi connectivity index (χ0) is 13.3. The van der Waals surface area contributed by atoms with Gasteiger partial charge < -0.3 is 15.7 Å². The van der Waals surface area contributed by atoms with E-state index in [9.17, 15) is 9.59 Å². The summed E-state index contributed by atoms with van der Waals surface area (Å²) in [5.41, 5.74) is 4.74. The molecule has 3 N–H and O–H groups in total. The van der Waals surface area contributed by atoms with Crippen molar-refractivity contribution in [1.82, 2.24) is 4.98 Å². The van der Waals surface area contributed by atoms with Crippen molar-refractivity contribution in [2.45, 2.75) is 13.3 Å². The molecule has 1 aliphatic heterocycles. The standard InChI is InChI=1S/C12H15N3O3/c1-12(11(17)18)4-5-15(7-12)9-3-2-8(6-14-9)10(13)16/h2-3,6H,4-5,7H2,1H3,(H2,13,16)(H,17,18). The summed E-state index contributed by atoms with van der Waals surface area (Å²) in [5.74, 6) is -0.644. The fourth-order valence-electron chi connectivity index (χ4n) is 2.05. The molecule has 2 heterocycles. The summed E-state index contributed by atoms with van der Waals surface area (Å²) < 4.78 is 0. The van der Waals surface area contributed by atoms with Crippen molar-refractivity contribution < 1.29 is 14.7 Å². The number of nitrogens with two attached hydrogens (primary N) is 1. The number of primary amides is 1. The second kappa shape index (κ2) is 4.29. The monoisotopic (exact) mass is 249 g/mol. The third-order valence-corrected chi connectivity index (χ3v) is 3.35. The van der Waals surface area contributed by atoms with Crippen LogP contribution in [-0.2, 0) is 4.79 Å². The number of amides is 1. The number of rotatable bonds is 3. The van der Waals surface area contributed by atoms with Gasteiger partial charge in [0.1, 0.15) is 5.82 Å². The number of pyridine rings is 1. The Morgan fingerprint density at radius 3 is 2.67 bits per heavy atom. The van der Waals surface area contributed by atoms with Crippen LogP contribution in [0.1, 0.15) is 23.7 Å². The summed E-state index contributed by atoms with van der Waals surface area (Å²) in [6.45, 7) is 2.80. The smallest absolute Gasteiger partial charge is 0.311 e. The quantitative estimate of drug-likeness (QED) is 0.812. The third kappa shape index (κ3) is 2.13. The van der Waals surface area contributed by atoms with Crippen LogP contribution in [0, 0.1) is 5.41 Å². The van der Waals surface area contributed by atoms with Crippen molar-refractivity contribution >= 4 is 17.7 Å². The van der Waals surface area contributed by atoms with E-state index in [1.807, 2.05) is 4.90 Å². The molecular weight excluding hydrogens is 234 g/mol. The highest BCUT2D eigenvalue weighted by Gasteiger charge is 2.40. The molecule has 1 saturated heterocycles. The van der Waals surface area contributed by atoms with Crippen molar-refractivity contribution in [1.29, 1.82) is 0 Å². The number of hydrogen-bond acceptors (Lipinski definition) is 4. The molecule has 0 radical (unpaired) electrons. The van der Waals surface area contributed by atoms with E-state index in [0.29, 0.717) is 30.9 Å². The van der Waals surface area contributed by atoms with Crippen molar-refractivity contribution in [3.05, 3.63) is 23.9 Å². The number of hydrogen-bond donors (Lipinski definition) is 2. The zero-order valence-corrected chi connectivity index (χ0v) is 10.1. The molecule has 96 valence electrons. The predicted molar refractivity (Wildman–Crippen MR) is 65.3 cm³/mol. The lowest BCUT2D eigenvalue weighted by atomic mass is 9.90. The van der Waals surface area contributed by atoms with Gasteiger partial charge in [0.05, 0.1) is 11.0 Å². The van der Waals surface area contributed by atoms with Crippen LogP contribution in [0.25, 0.3) is 0 Å². The lowest BCUT2D eigenvalue weighted by Crippen LogP contribution is -2.32. The Morgan fingerprint density at radius 2 is 2.22 bits per heavy atom. The highest BCUT2D eigenvalue weighted by Crippen LogP contribution is 2.32. The molecular formula is C12H15N3O3. The maximum Gasteiger partial charge on any atom is 0.311 e. The molecule has 2 rings (SSSR count). The maximum absolute atomic E-state index is 11.1. The van der Waals surface area contributed by atoms with Gasteiger partial charge in [-0.25, -0.2) is 4.98 Å². The van der Waals surface area contributed by atoms with E-state index in [1.54, 1.807) is 19.1 Å². The van der Waals surface area contributed by atoms with Crippen LogP contribution in [0.4, 0.5) is 5.82 Å². The molecule has 0 bridgehead atoms. The average molecular weight is 249 g/mol. The van der Waals surface area contributed by atoms with Gasteiger partial charge >= 0.3 is 5.97 Å². The molecule has 1 aliphatic rings. The van der Waals surface area contributed by atoms with Crippen molar-refractivity contribution in [3.63, 3.8) is 0 Å². The Hall–Kier alpha value is -2.11. The minimum Gasteiger partial charge on any atom is -0.481 e.